The highest BCUT2D eigenvalue weighted by Gasteiger charge is 2.34. The number of anilines is 2. The van der Waals surface area contributed by atoms with E-state index in [0.717, 1.165) is 49.3 Å². The van der Waals surface area contributed by atoms with Crippen LogP contribution in [0.4, 0.5) is 11.4 Å². The first-order valence-corrected chi connectivity index (χ1v) is 12.6. The summed E-state index contributed by atoms with van der Waals surface area (Å²) in [4.78, 5) is 31.1. The van der Waals surface area contributed by atoms with E-state index < -0.39 is 6.04 Å². The lowest BCUT2D eigenvalue weighted by Gasteiger charge is -2.32. The Balaban J connectivity index is 1.93. The largest absolute Gasteiger partial charge is 0.372 e. The third-order valence-corrected chi connectivity index (χ3v) is 7.06. The van der Waals surface area contributed by atoms with E-state index in [9.17, 15) is 9.59 Å². The first-order chi connectivity index (χ1) is 15.1. The molecule has 31 heavy (non-hydrogen) atoms. The van der Waals surface area contributed by atoms with Crippen LogP contribution in [-0.2, 0) is 9.59 Å². The molecule has 1 atom stereocenters. The molecule has 168 valence electrons. The quantitative estimate of drug-likeness (QED) is 0.511. The van der Waals surface area contributed by atoms with Crippen molar-refractivity contribution in [1.29, 1.82) is 0 Å². The van der Waals surface area contributed by atoms with E-state index in [1.165, 1.54) is 17.8 Å². The molecule has 0 radical (unpaired) electrons. The third kappa shape index (κ3) is 5.80. The van der Waals surface area contributed by atoms with Gasteiger partial charge in [-0.05, 0) is 62.4 Å². The predicted octanol–water partition coefficient (Wildman–Crippen LogP) is 5.36. The molecule has 1 unspecified atom stereocenters. The number of rotatable bonds is 9. The zero-order valence-electron chi connectivity index (χ0n) is 18.4. The highest BCUT2D eigenvalue weighted by atomic mass is 35.5. The van der Waals surface area contributed by atoms with Gasteiger partial charge < -0.3 is 10.2 Å². The molecule has 1 fully saturated rings. The lowest BCUT2D eigenvalue weighted by molar-refractivity contribution is -0.126. The highest BCUT2D eigenvalue weighted by Crippen LogP contribution is 2.33. The number of alkyl halides is 1. The molecule has 1 N–H and O–H groups in total. The molecule has 2 amide bonds. The second kappa shape index (κ2) is 11.5. The number of benzene rings is 1. The lowest BCUT2D eigenvalue weighted by atomic mass is 9.95. The van der Waals surface area contributed by atoms with Gasteiger partial charge in [0.15, 0.2) is 0 Å². The zero-order valence-corrected chi connectivity index (χ0v) is 19.9. The number of thiophene rings is 1. The maximum atomic E-state index is 13.5. The fraction of sp³-hybridized carbons (Fsp3) is 0.500. The minimum absolute atomic E-state index is 0.138. The van der Waals surface area contributed by atoms with Gasteiger partial charge in [0.25, 0.3) is 0 Å². The van der Waals surface area contributed by atoms with E-state index in [0.29, 0.717) is 5.69 Å². The van der Waals surface area contributed by atoms with E-state index in [2.05, 4.69) is 24.1 Å². The van der Waals surface area contributed by atoms with Gasteiger partial charge in [-0.15, -0.1) is 22.9 Å². The van der Waals surface area contributed by atoms with Crippen molar-refractivity contribution in [3.05, 3.63) is 46.7 Å². The Morgan fingerprint density at radius 2 is 1.71 bits per heavy atom. The van der Waals surface area contributed by atoms with Gasteiger partial charge in [0.1, 0.15) is 11.9 Å². The van der Waals surface area contributed by atoms with Crippen molar-refractivity contribution in [2.24, 2.45) is 0 Å². The molecule has 1 heterocycles. The van der Waals surface area contributed by atoms with E-state index in [4.69, 9.17) is 11.6 Å². The van der Waals surface area contributed by atoms with E-state index in [-0.39, 0.29) is 23.7 Å². The van der Waals surface area contributed by atoms with Crippen molar-refractivity contribution in [2.45, 2.75) is 58.0 Å². The summed E-state index contributed by atoms with van der Waals surface area (Å²) < 4.78 is 0. The maximum Gasteiger partial charge on any atom is 0.248 e. The standard InChI is InChI=1S/C24H32ClN3O2S/c1-3-27(4-2)19-12-14-20(15-13-19)28(22(29)17-25)23(21-11-8-16-31-21)24(30)26-18-9-6-5-7-10-18/h8,11-16,18,23H,3-7,9-10,17H2,1-2H3,(H,26,30). The predicted molar refractivity (Wildman–Crippen MR) is 130 cm³/mol. The molecule has 1 aromatic carbocycles. The van der Waals surface area contributed by atoms with Gasteiger partial charge in [0.2, 0.25) is 11.8 Å². The summed E-state index contributed by atoms with van der Waals surface area (Å²) in [6.45, 7) is 6.04. The van der Waals surface area contributed by atoms with Crippen molar-refractivity contribution in [1.82, 2.24) is 5.32 Å². The summed E-state index contributed by atoms with van der Waals surface area (Å²) in [5, 5.41) is 5.14. The third-order valence-electron chi connectivity index (χ3n) is 5.91. The Labute approximate surface area is 194 Å². The van der Waals surface area contributed by atoms with Gasteiger partial charge >= 0.3 is 0 Å². The summed E-state index contributed by atoms with van der Waals surface area (Å²) in [7, 11) is 0. The minimum Gasteiger partial charge on any atom is -0.372 e. The van der Waals surface area contributed by atoms with Gasteiger partial charge in [-0.2, -0.15) is 0 Å². The van der Waals surface area contributed by atoms with Crippen LogP contribution in [0, 0.1) is 0 Å². The Morgan fingerprint density at radius 3 is 2.26 bits per heavy atom. The summed E-state index contributed by atoms with van der Waals surface area (Å²) in [6, 6.07) is 11.1. The SMILES string of the molecule is CCN(CC)c1ccc(N(C(=O)CCl)C(C(=O)NC2CCCCC2)c2cccs2)cc1. The van der Waals surface area contributed by atoms with Crippen LogP contribution in [0.25, 0.3) is 0 Å². The summed E-state index contributed by atoms with van der Waals surface area (Å²) >= 11 is 7.48. The summed E-state index contributed by atoms with van der Waals surface area (Å²) in [5.74, 6) is -0.605. The molecular formula is C24H32ClN3O2S. The number of hydrogen-bond donors (Lipinski definition) is 1. The van der Waals surface area contributed by atoms with Crippen LogP contribution in [0.1, 0.15) is 56.9 Å². The fourth-order valence-corrected chi connectivity index (χ4v) is 5.20. The average molecular weight is 462 g/mol. The van der Waals surface area contributed by atoms with E-state index in [1.807, 2.05) is 41.8 Å². The first kappa shape index (κ1) is 23.6. The number of nitrogens with zero attached hydrogens (tertiary/aromatic N) is 2. The highest BCUT2D eigenvalue weighted by molar-refractivity contribution is 7.10. The van der Waals surface area contributed by atoms with E-state index >= 15 is 0 Å². The smallest absolute Gasteiger partial charge is 0.248 e. The normalized spacial score (nSPS) is 15.3. The molecule has 0 spiro atoms. The number of halogens is 1. The van der Waals surface area contributed by atoms with Crippen molar-refractivity contribution in [3.8, 4) is 0 Å². The summed E-state index contributed by atoms with van der Waals surface area (Å²) in [5.41, 5.74) is 1.77. The van der Waals surface area contributed by atoms with Gasteiger partial charge in [-0.25, -0.2) is 0 Å². The molecule has 5 nitrogen and oxygen atoms in total. The van der Waals surface area contributed by atoms with Crippen LogP contribution >= 0.6 is 22.9 Å². The monoisotopic (exact) mass is 461 g/mol. The van der Waals surface area contributed by atoms with Crippen LogP contribution in [0.15, 0.2) is 41.8 Å². The molecule has 1 aromatic heterocycles. The zero-order chi connectivity index (χ0) is 22.2. The van der Waals surface area contributed by atoms with Gasteiger partial charge in [0.05, 0.1) is 0 Å². The van der Waals surface area contributed by atoms with Crippen LogP contribution < -0.4 is 15.1 Å². The molecule has 1 aliphatic rings. The van der Waals surface area contributed by atoms with Crippen LogP contribution in [-0.4, -0.2) is 36.8 Å². The second-order valence-electron chi connectivity index (χ2n) is 7.85. The molecule has 0 bridgehead atoms. The van der Waals surface area contributed by atoms with Crippen molar-refractivity contribution in [2.75, 3.05) is 28.8 Å². The van der Waals surface area contributed by atoms with Gasteiger partial charge in [0, 0.05) is 35.4 Å². The molecule has 1 aliphatic carbocycles. The van der Waals surface area contributed by atoms with Crippen molar-refractivity contribution in [3.63, 3.8) is 0 Å². The topological polar surface area (TPSA) is 52.7 Å². The van der Waals surface area contributed by atoms with Crippen LogP contribution in [0.2, 0.25) is 0 Å². The number of hydrogen-bond acceptors (Lipinski definition) is 4. The Kier molecular flexibility index (Phi) is 8.79. The van der Waals surface area contributed by atoms with E-state index in [1.54, 1.807) is 4.90 Å². The number of carbonyl (C=O) groups is 2. The van der Waals surface area contributed by atoms with Crippen molar-refractivity contribution >= 4 is 46.1 Å². The van der Waals surface area contributed by atoms with Crippen LogP contribution in [0.5, 0.6) is 0 Å². The molecule has 7 heteroatoms. The molecule has 0 saturated heterocycles. The molecule has 0 aliphatic heterocycles. The number of carbonyl (C=O) groups excluding carboxylic acids is 2. The minimum atomic E-state index is -0.729. The first-order valence-electron chi connectivity index (χ1n) is 11.2. The molecule has 2 aromatic rings. The lowest BCUT2D eigenvalue weighted by Crippen LogP contribution is -2.47. The van der Waals surface area contributed by atoms with Gasteiger partial charge in [-0.3, -0.25) is 14.5 Å². The Hall–Kier alpha value is -2.05. The van der Waals surface area contributed by atoms with Gasteiger partial charge in [-0.1, -0.05) is 25.3 Å². The van der Waals surface area contributed by atoms with Crippen LogP contribution in [0.3, 0.4) is 0 Å². The number of nitrogens with one attached hydrogen (secondary N) is 1. The summed E-state index contributed by atoms with van der Waals surface area (Å²) in [6.07, 6.45) is 5.46. The number of amides is 2. The molecular weight excluding hydrogens is 430 g/mol. The second-order valence-corrected chi connectivity index (χ2v) is 9.09. The fourth-order valence-electron chi connectivity index (χ4n) is 4.26. The average Bonchev–Trinajstić information content (AvgIpc) is 3.33. The maximum absolute atomic E-state index is 13.5. The molecule has 1 saturated carbocycles. The Morgan fingerprint density at radius 1 is 1.06 bits per heavy atom. The Bertz CT molecular complexity index is 831. The molecule has 3 rings (SSSR count). The van der Waals surface area contributed by atoms with Crippen molar-refractivity contribution < 1.29 is 9.59 Å².